The van der Waals surface area contributed by atoms with Gasteiger partial charge < -0.3 is 15.3 Å². The molecule has 154 valence electrons. The molecule has 4 rings (SSSR count). The minimum atomic E-state index is -1.98. The Morgan fingerprint density at radius 2 is 2.00 bits per heavy atom. The molecule has 5 nitrogen and oxygen atoms in total. The Bertz CT molecular complexity index is 805. The van der Waals surface area contributed by atoms with Gasteiger partial charge in [-0.1, -0.05) is 25.5 Å². The van der Waals surface area contributed by atoms with Gasteiger partial charge in [0.1, 0.15) is 12.2 Å². The van der Waals surface area contributed by atoms with Crippen LogP contribution in [0.4, 0.5) is 4.39 Å². The molecule has 0 aromatic heterocycles. The molecule has 0 aromatic carbocycles. The third-order valence-electron chi connectivity index (χ3n) is 8.79. The van der Waals surface area contributed by atoms with Crippen molar-refractivity contribution < 1.29 is 29.3 Å². The number of Topliss-reactive ketones (excluding diaryl/α,β-unsaturated/α-hetero) is 1. The zero-order valence-electron chi connectivity index (χ0n) is 16.6. The third kappa shape index (κ3) is 2.01. The number of hydrogen-bond acceptors (Lipinski definition) is 5. The molecule has 0 bridgehead atoms. The van der Waals surface area contributed by atoms with Crippen molar-refractivity contribution in [2.24, 2.45) is 28.6 Å². The first-order valence-electron chi connectivity index (χ1n) is 10.1. The van der Waals surface area contributed by atoms with Crippen LogP contribution in [0.2, 0.25) is 0 Å². The Labute approximate surface area is 164 Å². The highest BCUT2D eigenvalue weighted by Gasteiger charge is 2.75. The molecule has 0 saturated heterocycles. The third-order valence-corrected chi connectivity index (χ3v) is 8.79. The van der Waals surface area contributed by atoms with Crippen molar-refractivity contribution in [2.75, 3.05) is 6.61 Å². The molecule has 0 spiro atoms. The minimum Gasteiger partial charge on any atom is -0.390 e. The normalized spacial score (nSPS) is 52.5. The summed E-state index contributed by atoms with van der Waals surface area (Å²) >= 11 is 0. The molecule has 4 aliphatic rings. The van der Waals surface area contributed by atoms with Crippen LogP contribution in [0.15, 0.2) is 23.8 Å². The van der Waals surface area contributed by atoms with Crippen LogP contribution in [0.1, 0.15) is 46.5 Å². The van der Waals surface area contributed by atoms with Gasteiger partial charge >= 0.3 is 0 Å². The van der Waals surface area contributed by atoms with Gasteiger partial charge in [0.25, 0.3) is 0 Å². The summed E-state index contributed by atoms with van der Waals surface area (Å²) in [5, 5.41) is 32.0. The Balaban J connectivity index is 1.84. The lowest BCUT2D eigenvalue weighted by atomic mass is 9.44. The minimum absolute atomic E-state index is 0.0676. The van der Waals surface area contributed by atoms with Crippen molar-refractivity contribution in [1.29, 1.82) is 0 Å². The monoisotopic (exact) mass is 392 g/mol. The Morgan fingerprint density at radius 1 is 1.32 bits per heavy atom. The number of carbonyl (C=O) groups is 2. The highest BCUT2D eigenvalue weighted by molar-refractivity contribution is 6.01. The summed E-state index contributed by atoms with van der Waals surface area (Å²) in [5.41, 5.74) is -5.17. The van der Waals surface area contributed by atoms with Crippen LogP contribution in [-0.2, 0) is 9.59 Å². The summed E-state index contributed by atoms with van der Waals surface area (Å²) in [6, 6.07) is 0. The SMILES string of the molecule is C[C@@H]1C[C@@H]2[C@H]3CCC4=CC(=O)C=C[C@]4(C)[C@]3(F)[C@@H](O)C[C@@]2(C)[C@]1(O)C(=O)CO. The topological polar surface area (TPSA) is 94.8 Å². The van der Waals surface area contributed by atoms with Crippen molar-refractivity contribution in [2.45, 2.75) is 63.8 Å². The summed E-state index contributed by atoms with van der Waals surface area (Å²) in [4.78, 5) is 24.4. The van der Waals surface area contributed by atoms with E-state index in [0.717, 1.165) is 0 Å². The maximum absolute atomic E-state index is 16.9. The lowest BCUT2D eigenvalue weighted by Crippen LogP contribution is -2.69. The van der Waals surface area contributed by atoms with Gasteiger partial charge in [0.2, 0.25) is 0 Å². The van der Waals surface area contributed by atoms with E-state index in [0.29, 0.717) is 24.8 Å². The number of aliphatic hydroxyl groups excluding tert-OH is 2. The van der Waals surface area contributed by atoms with E-state index in [-0.39, 0.29) is 18.1 Å². The van der Waals surface area contributed by atoms with E-state index in [4.69, 9.17) is 0 Å². The van der Waals surface area contributed by atoms with Crippen molar-refractivity contribution in [3.05, 3.63) is 23.8 Å². The summed E-state index contributed by atoms with van der Waals surface area (Å²) < 4.78 is 16.9. The summed E-state index contributed by atoms with van der Waals surface area (Å²) in [6.45, 7) is 4.48. The second-order valence-electron chi connectivity index (χ2n) is 9.75. The van der Waals surface area contributed by atoms with Gasteiger partial charge in [-0.15, -0.1) is 0 Å². The lowest BCUT2D eigenvalue weighted by molar-refractivity contribution is -0.219. The van der Waals surface area contributed by atoms with Crippen molar-refractivity contribution >= 4 is 11.6 Å². The van der Waals surface area contributed by atoms with Gasteiger partial charge in [0, 0.05) is 16.7 Å². The van der Waals surface area contributed by atoms with Crippen LogP contribution in [-0.4, -0.2) is 50.9 Å². The molecule has 6 heteroatoms. The van der Waals surface area contributed by atoms with E-state index < -0.39 is 52.4 Å². The second-order valence-corrected chi connectivity index (χ2v) is 9.75. The van der Waals surface area contributed by atoms with Gasteiger partial charge in [-0.2, -0.15) is 0 Å². The van der Waals surface area contributed by atoms with Gasteiger partial charge in [0.15, 0.2) is 17.2 Å². The molecular weight excluding hydrogens is 363 g/mol. The van der Waals surface area contributed by atoms with Crippen molar-refractivity contribution in [1.82, 2.24) is 0 Å². The van der Waals surface area contributed by atoms with E-state index in [1.807, 2.05) is 0 Å². The molecule has 4 aliphatic carbocycles. The molecule has 0 unspecified atom stereocenters. The van der Waals surface area contributed by atoms with E-state index in [1.165, 1.54) is 12.2 Å². The standard InChI is InChI=1S/C22H29FO5/c1-12-8-16-15-5-4-13-9-14(25)6-7-19(13,2)21(15,23)17(26)10-20(16,3)22(12,28)18(27)11-24/h6-7,9,12,15-17,24,26,28H,4-5,8,10-11H2,1-3H3/t12-,15-,16-,17+,19+,20-,21-,22-/m1/s1. The Hall–Kier alpha value is -1.37. The average molecular weight is 392 g/mol. The molecule has 0 aliphatic heterocycles. The number of halogens is 1. The molecule has 0 radical (unpaired) electrons. The number of aliphatic hydroxyl groups is 3. The highest BCUT2D eigenvalue weighted by Crippen LogP contribution is 2.70. The molecule has 0 heterocycles. The average Bonchev–Trinajstić information content (AvgIpc) is 2.84. The van der Waals surface area contributed by atoms with Crippen molar-refractivity contribution in [3.63, 3.8) is 0 Å². The predicted molar refractivity (Wildman–Crippen MR) is 99.9 cm³/mol. The Kier molecular flexibility index (Phi) is 4.15. The van der Waals surface area contributed by atoms with Gasteiger partial charge in [-0.05, 0) is 56.6 Å². The largest absolute Gasteiger partial charge is 0.390 e. The fraction of sp³-hybridized carbons (Fsp3) is 0.727. The van der Waals surface area contributed by atoms with Crippen LogP contribution in [0, 0.1) is 28.6 Å². The van der Waals surface area contributed by atoms with E-state index >= 15 is 4.39 Å². The molecule has 28 heavy (non-hydrogen) atoms. The van der Waals surface area contributed by atoms with E-state index in [1.54, 1.807) is 26.8 Å². The molecular formula is C22H29FO5. The number of allylic oxidation sites excluding steroid dienone is 4. The molecule has 8 atom stereocenters. The molecule has 3 saturated carbocycles. The molecule has 3 fully saturated rings. The van der Waals surface area contributed by atoms with Crippen LogP contribution in [0.5, 0.6) is 0 Å². The maximum atomic E-state index is 16.9. The first-order valence-corrected chi connectivity index (χ1v) is 10.1. The number of carbonyl (C=O) groups excluding carboxylic acids is 2. The predicted octanol–water partition coefficient (Wildman–Crippen LogP) is 1.90. The van der Waals surface area contributed by atoms with E-state index in [9.17, 15) is 24.9 Å². The van der Waals surface area contributed by atoms with Crippen LogP contribution >= 0.6 is 0 Å². The smallest absolute Gasteiger partial charge is 0.190 e. The van der Waals surface area contributed by atoms with Crippen molar-refractivity contribution in [3.8, 4) is 0 Å². The molecule has 3 N–H and O–H groups in total. The van der Waals surface area contributed by atoms with Crippen LogP contribution in [0.25, 0.3) is 0 Å². The van der Waals surface area contributed by atoms with Gasteiger partial charge in [-0.25, -0.2) is 4.39 Å². The van der Waals surface area contributed by atoms with Gasteiger partial charge in [-0.3, -0.25) is 9.59 Å². The highest BCUT2D eigenvalue weighted by atomic mass is 19.1. The summed E-state index contributed by atoms with van der Waals surface area (Å²) in [5.74, 6) is -2.12. The van der Waals surface area contributed by atoms with Crippen LogP contribution in [0.3, 0.4) is 0 Å². The quantitative estimate of drug-likeness (QED) is 0.667. The number of hydrogen-bond donors (Lipinski definition) is 3. The van der Waals surface area contributed by atoms with Gasteiger partial charge in [0.05, 0.1) is 6.10 Å². The zero-order valence-corrected chi connectivity index (χ0v) is 16.6. The number of alkyl halides is 1. The summed E-state index contributed by atoms with van der Waals surface area (Å²) in [6.07, 6.45) is 4.44. The fourth-order valence-corrected chi connectivity index (χ4v) is 7.26. The zero-order chi connectivity index (χ0) is 20.7. The molecule has 0 amide bonds. The number of fused-ring (bicyclic) bond motifs is 5. The van der Waals surface area contributed by atoms with E-state index in [2.05, 4.69) is 0 Å². The lowest BCUT2D eigenvalue weighted by Gasteiger charge is -2.62. The van der Waals surface area contributed by atoms with Crippen LogP contribution < -0.4 is 0 Å². The Morgan fingerprint density at radius 3 is 2.64 bits per heavy atom. The second kappa shape index (κ2) is 5.83. The summed E-state index contributed by atoms with van der Waals surface area (Å²) in [7, 11) is 0. The fourth-order valence-electron chi connectivity index (χ4n) is 7.26. The first kappa shape index (κ1) is 19.9. The number of ketones is 2. The first-order chi connectivity index (χ1) is 13.0. The number of rotatable bonds is 2. The molecule has 0 aromatic rings. The maximum Gasteiger partial charge on any atom is 0.190 e.